The van der Waals surface area contributed by atoms with E-state index in [9.17, 15) is 4.79 Å². The Morgan fingerprint density at radius 2 is 1.88 bits per heavy atom. The number of carbonyl (C=O) groups is 1. The van der Waals surface area contributed by atoms with Crippen LogP contribution >= 0.6 is 11.8 Å². The zero-order valence-corrected chi connectivity index (χ0v) is 14.3. The van der Waals surface area contributed by atoms with Gasteiger partial charge in [0.25, 0.3) is 0 Å². The van der Waals surface area contributed by atoms with E-state index >= 15 is 0 Å². The minimum atomic E-state index is 0.229. The number of carbonyl (C=O) groups excluding carboxylic acids is 1. The van der Waals surface area contributed by atoms with Crippen LogP contribution in [0.15, 0.2) is 54.1 Å². The van der Waals surface area contributed by atoms with Crippen molar-refractivity contribution >= 4 is 38.8 Å². The third kappa shape index (κ3) is 2.13. The van der Waals surface area contributed by atoms with Crippen LogP contribution in [0.1, 0.15) is 36.0 Å². The first-order chi connectivity index (χ1) is 11.8. The predicted octanol–water partition coefficient (Wildman–Crippen LogP) is 5.55. The van der Waals surface area contributed by atoms with Gasteiger partial charge in [0.05, 0.1) is 5.75 Å². The Morgan fingerprint density at radius 3 is 2.75 bits per heavy atom. The Balaban J connectivity index is 1.74. The van der Waals surface area contributed by atoms with Crippen LogP contribution in [0.4, 0.5) is 0 Å². The highest BCUT2D eigenvalue weighted by atomic mass is 32.2. The topological polar surface area (TPSA) is 17.1 Å². The maximum atomic E-state index is 11.6. The van der Waals surface area contributed by atoms with E-state index < -0.39 is 0 Å². The average molecular weight is 330 g/mol. The number of aryl methyl sites for hydroxylation is 1. The third-order valence-electron chi connectivity index (χ3n) is 5.35. The summed E-state index contributed by atoms with van der Waals surface area (Å²) < 4.78 is 0. The van der Waals surface area contributed by atoms with E-state index in [1.54, 1.807) is 17.3 Å². The molecule has 24 heavy (non-hydrogen) atoms. The molecule has 2 aromatic carbocycles. The fourth-order valence-electron chi connectivity index (χ4n) is 4.22. The number of ketones is 1. The molecule has 0 saturated heterocycles. The second-order valence-corrected chi connectivity index (χ2v) is 7.73. The lowest BCUT2D eigenvalue weighted by molar-refractivity contribution is -0.112. The molecule has 0 aromatic heterocycles. The number of thioether (sulfide) groups is 1. The lowest BCUT2D eigenvalue weighted by Crippen LogP contribution is -2.07. The number of hydrogen-bond donors (Lipinski definition) is 0. The molecular formula is C22H18OS. The van der Waals surface area contributed by atoms with Crippen molar-refractivity contribution in [2.75, 3.05) is 5.75 Å². The maximum Gasteiger partial charge on any atom is 0.167 e. The predicted molar refractivity (Wildman–Crippen MR) is 103 cm³/mol. The Morgan fingerprint density at radius 1 is 0.917 bits per heavy atom. The first-order valence-electron chi connectivity index (χ1n) is 8.62. The van der Waals surface area contributed by atoms with Gasteiger partial charge in [-0.25, -0.2) is 0 Å². The average Bonchev–Trinajstić information content (AvgIpc) is 3.07. The molecule has 1 aliphatic heterocycles. The van der Waals surface area contributed by atoms with Gasteiger partial charge in [-0.15, -0.1) is 11.8 Å². The third-order valence-corrected chi connectivity index (χ3v) is 6.42. The molecule has 2 aliphatic carbocycles. The van der Waals surface area contributed by atoms with Crippen molar-refractivity contribution in [3.8, 4) is 0 Å². The van der Waals surface area contributed by atoms with Crippen molar-refractivity contribution in [1.29, 1.82) is 0 Å². The Hall–Kier alpha value is -2.06. The minimum Gasteiger partial charge on any atom is -0.294 e. The van der Waals surface area contributed by atoms with Crippen LogP contribution in [0.3, 0.4) is 0 Å². The summed E-state index contributed by atoms with van der Waals surface area (Å²) in [5.41, 5.74) is 7.19. The summed E-state index contributed by atoms with van der Waals surface area (Å²) in [6.45, 7) is 0. The lowest BCUT2D eigenvalue weighted by Gasteiger charge is -2.26. The van der Waals surface area contributed by atoms with Gasteiger partial charge in [0.2, 0.25) is 0 Å². The highest BCUT2D eigenvalue weighted by molar-refractivity contribution is 8.09. The van der Waals surface area contributed by atoms with E-state index in [4.69, 9.17) is 0 Å². The van der Waals surface area contributed by atoms with Crippen molar-refractivity contribution in [2.45, 2.75) is 25.7 Å². The van der Waals surface area contributed by atoms with Gasteiger partial charge < -0.3 is 0 Å². The standard InChI is InChI=1S/C22H18OS/c23-15-12-22(24-13-15)21-7-3-6-17-19-9-8-14-4-1-2-5-16(14)18(19)10-11-20(17)21/h2-3,5-7,10-12H,1,4,8-9,13H2. The van der Waals surface area contributed by atoms with Crippen molar-refractivity contribution in [2.24, 2.45) is 0 Å². The van der Waals surface area contributed by atoms with Crippen molar-refractivity contribution < 1.29 is 4.79 Å². The van der Waals surface area contributed by atoms with Crippen LogP contribution in [0.25, 0.3) is 21.3 Å². The van der Waals surface area contributed by atoms with Gasteiger partial charge in [-0.2, -0.15) is 0 Å². The number of rotatable bonds is 1. The molecule has 0 fully saturated rings. The molecule has 0 spiro atoms. The summed E-state index contributed by atoms with van der Waals surface area (Å²) in [7, 11) is 0. The first-order valence-corrected chi connectivity index (χ1v) is 9.61. The molecule has 118 valence electrons. The second-order valence-electron chi connectivity index (χ2n) is 6.71. The minimum absolute atomic E-state index is 0.229. The van der Waals surface area contributed by atoms with E-state index in [0.717, 1.165) is 11.3 Å². The summed E-state index contributed by atoms with van der Waals surface area (Å²) in [5.74, 6) is 0.810. The molecule has 1 heterocycles. The number of fused-ring (bicyclic) bond motifs is 4. The number of hydrogen-bond acceptors (Lipinski definition) is 2. The molecular weight excluding hydrogens is 312 g/mol. The van der Waals surface area contributed by atoms with Gasteiger partial charge in [0.1, 0.15) is 0 Å². The van der Waals surface area contributed by atoms with Gasteiger partial charge in [-0.1, -0.05) is 48.1 Å². The van der Waals surface area contributed by atoms with Crippen LogP contribution in [0, 0.1) is 0 Å². The summed E-state index contributed by atoms with van der Waals surface area (Å²) in [6.07, 6.45) is 11.2. The Kier molecular flexibility index (Phi) is 3.27. The molecule has 5 rings (SSSR count). The van der Waals surface area contributed by atoms with Crippen LogP contribution < -0.4 is 0 Å². The normalized spacial score (nSPS) is 19.5. The van der Waals surface area contributed by atoms with Gasteiger partial charge >= 0.3 is 0 Å². The fourth-order valence-corrected chi connectivity index (χ4v) is 5.15. The summed E-state index contributed by atoms with van der Waals surface area (Å²) in [6, 6.07) is 11.1. The largest absolute Gasteiger partial charge is 0.294 e. The lowest BCUT2D eigenvalue weighted by atomic mass is 9.79. The molecule has 2 heteroatoms. The number of benzene rings is 2. The molecule has 0 bridgehead atoms. The summed E-state index contributed by atoms with van der Waals surface area (Å²) in [5, 5.41) is 2.64. The summed E-state index contributed by atoms with van der Waals surface area (Å²) >= 11 is 1.67. The molecule has 0 unspecified atom stereocenters. The maximum absolute atomic E-state index is 11.6. The van der Waals surface area contributed by atoms with E-state index in [2.05, 4.69) is 42.5 Å². The van der Waals surface area contributed by atoms with Crippen LogP contribution in [-0.2, 0) is 11.2 Å². The molecule has 1 nitrogen and oxygen atoms in total. The SMILES string of the molecule is O=C1C=C(c2cccc3c4c(ccc23)C2=C(CCC=C2)CC4)SC1. The Labute approximate surface area is 146 Å². The van der Waals surface area contributed by atoms with Crippen LogP contribution in [0.5, 0.6) is 0 Å². The molecule has 3 aliphatic rings. The molecule has 0 amide bonds. The molecule has 0 radical (unpaired) electrons. The van der Waals surface area contributed by atoms with Crippen molar-refractivity contribution in [3.63, 3.8) is 0 Å². The summed E-state index contributed by atoms with van der Waals surface area (Å²) in [4.78, 5) is 12.8. The van der Waals surface area contributed by atoms with Gasteiger partial charge in [-0.3, -0.25) is 4.79 Å². The zero-order valence-electron chi connectivity index (χ0n) is 13.5. The van der Waals surface area contributed by atoms with Gasteiger partial charge in [0, 0.05) is 4.91 Å². The molecule has 0 atom stereocenters. The second kappa shape index (κ2) is 5.49. The molecule has 0 saturated carbocycles. The van der Waals surface area contributed by atoms with E-state index in [-0.39, 0.29) is 5.78 Å². The van der Waals surface area contributed by atoms with Crippen LogP contribution in [-0.4, -0.2) is 11.5 Å². The van der Waals surface area contributed by atoms with Crippen LogP contribution in [0.2, 0.25) is 0 Å². The Bertz CT molecular complexity index is 975. The van der Waals surface area contributed by atoms with E-state index in [1.807, 2.05) is 6.08 Å². The van der Waals surface area contributed by atoms with Gasteiger partial charge in [-0.05, 0) is 64.8 Å². The fraction of sp³-hybridized carbons (Fsp3) is 0.227. The highest BCUT2D eigenvalue weighted by Crippen LogP contribution is 2.42. The quantitative estimate of drug-likeness (QED) is 0.682. The monoisotopic (exact) mass is 330 g/mol. The smallest absolute Gasteiger partial charge is 0.167 e. The van der Waals surface area contributed by atoms with E-state index in [0.29, 0.717) is 5.75 Å². The van der Waals surface area contributed by atoms with Gasteiger partial charge in [0.15, 0.2) is 5.78 Å². The number of allylic oxidation sites excluding steroid dienone is 5. The van der Waals surface area contributed by atoms with Crippen molar-refractivity contribution in [3.05, 3.63) is 70.8 Å². The first kappa shape index (κ1) is 14.3. The molecule has 2 aromatic rings. The molecule has 0 N–H and O–H groups in total. The highest BCUT2D eigenvalue weighted by Gasteiger charge is 2.22. The van der Waals surface area contributed by atoms with Crippen molar-refractivity contribution in [1.82, 2.24) is 0 Å². The zero-order chi connectivity index (χ0) is 16.1. The van der Waals surface area contributed by atoms with E-state index in [1.165, 1.54) is 52.3 Å².